The number of carbonyl (C=O) groups is 1. The van der Waals surface area contributed by atoms with E-state index in [-0.39, 0.29) is 5.56 Å². The molecule has 8 nitrogen and oxygen atoms in total. The van der Waals surface area contributed by atoms with Gasteiger partial charge in [-0.15, -0.1) is 0 Å². The molecular weight excluding hydrogens is 444 g/mol. The summed E-state index contributed by atoms with van der Waals surface area (Å²) in [6.07, 6.45) is 3.30. The highest BCUT2D eigenvalue weighted by Gasteiger charge is 2.17. The summed E-state index contributed by atoms with van der Waals surface area (Å²) >= 11 is 0. The van der Waals surface area contributed by atoms with Crippen LogP contribution in [0.3, 0.4) is 0 Å². The summed E-state index contributed by atoms with van der Waals surface area (Å²) < 4.78 is 7.09. The topological polar surface area (TPSA) is 110 Å². The molecule has 0 aliphatic rings. The highest BCUT2D eigenvalue weighted by Crippen LogP contribution is 2.24. The second kappa shape index (κ2) is 9.11. The molecule has 2 heterocycles. The highest BCUT2D eigenvalue weighted by molar-refractivity contribution is 5.91. The first kappa shape index (κ1) is 21.8. The number of hydrogen-bond acceptors (Lipinski definition) is 6. The number of anilines is 1. The molecule has 35 heavy (non-hydrogen) atoms. The van der Waals surface area contributed by atoms with Crippen molar-refractivity contribution < 1.29 is 14.3 Å². The van der Waals surface area contributed by atoms with E-state index in [1.54, 1.807) is 47.4 Å². The molecule has 5 rings (SSSR count). The van der Waals surface area contributed by atoms with Crippen LogP contribution in [0.15, 0.2) is 99.4 Å². The van der Waals surface area contributed by atoms with Crippen LogP contribution in [0.4, 0.5) is 5.69 Å². The molecule has 0 atom stereocenters. The third-order valence-corrected chi connectivity index (χ3v) is 5.47. The zero-order valence-corrected chi connectivity index (χ0v) is 18.7. The van der Waals surface area contributed by atoms with E-state index in [0.29, 0.717) is 28.1 Å². The summed E-state index contributed by atoms with van der Waals surface area (Å²) in [5, 5.41) is 18.9. The van der Waals surface area contributed by atoms with Gasteiger partial charge in [-0.1, -0.05) is 35.9 Å². The minimum atomic E-state index is -1.01. The molecule has 0 radical (unpaired) electrons. The van der Waals surface area contributed by atoms with Crippen LogP contribution >= 0.6 is 0 Å². The van der Waals surface area contributed by atoms with E-state index < -0.39 is 11.6 Å². The fraction of sp³-hybridized carbons (Fsp3) is 0.0370. The van der Waals surface area contributed by atoms with Crippen LogP contribution < -0.4 is 11.1 Å². The Hall–Kier alpha value is -4.98. The summed E-state index contributed by atoms with van der Waals surface area (Å²) in [6, 6.07) is 23.1. The van der Waals surface area contributed by atoms with Gasteiger partial charge in [-0.05, 0) is 55.5 Å². The lowest BCUT2D eigenvalue weighted by atomic mass is 10.1. The van der Waals surface area contributed by atoms with E-state index in [2.05, 4.69) is 15.6 Å². The fourth-order valence-corrected chi connectivity index (χ4v) is 3.61. The lowest BCUT2D eigenvalue weighted by Crippen LogP contribution is -2.05. The van der Waals surface area contributed by atoms with Crippen LogP contribution in [0.1, 0.15) is 21.5 Å². The number of aromatic nitrogens is 2. The number of fused-ring (bicyclic) bond motifs is 1. The number of aromatic carboxylic acids is 1. The molecule has 5 aromatic rings. The Balaban J connectivity index is 1.58. The van der Waals surface area contributed by atoms with Crippen LogP contribution in [0.5, 0.6) is 0 Å². The molecule has 0 bridgehead atoms. The van der Waals surface area contributed by atoms with Gasteiger partial charge in [0.1, 0.15) is 11.3 Å². The number of rotatable bonds is 6. The van der Waals surface area contributed by atoms with E-state index in [1.165, 1.54) is 12.1 Å². The number of hydrazone groups is 1. The monoisotopic (exact) mass is 464 g/mol. The van der Waals surface area contributed by atoms with Crippen molar-refractivity contribution in [2.45, 2.75) is 6.92 Å². The highest BCUT2D eigenvalue weighted by atomic mass is 16.4. The van der Waals surface area contributed by atoms with Crippen LogP contribution in [-0.2, 0) is 0 Å². The molecule has 8 heteroatoms. The van der Waals surface area contributed by atoms with Gasteiger partial charge >= 0.3 is 11.6 Å². The second-order valence-corrected chi connectivity index (χ2v) is 7.95. The Bertz CT molecular complexity index is 1610. The number of para-hydroxylation sites is 1. The van der Waals surface area contributed by atoms with Gasteiger partial charge in [0, 0.05) is 17.1 Å². The minimum Gasteiger partial charge on any atom is -0.478 e. The maximum absolute atomic E-state index is 12.8. The van der Waals surface area contributed by atoms with Gasteiger partial charge in [-0.3, -0.25) is 5.43 Å². The Labute approximate surface area is 199 Å². The molecule has 2 aromatic heterocycles. The lowest BCUT2D eigenvalue weighted by molar-refractivity contribution is 0.0697. The molecular formula is C27H20N4O4. The maximum Gasteiger partial charge on any atom is 0.345 e. The molecule has 3 aromatic carbocycles. The molecule has 0 unspecified atom stereocenters. The molecule has 0 aliphatic heterocycles. The quantitative estimate of drug-likeness (QED) is 0.206. The first-order chi connectivity index (χ1) is 17.0. The average molecular weight is 464 g/mol. The summed E-state index contributed by atoms with van der Waals surface area (Å²) in [6.45, 7) is 2.01. The van der Waals surface area contributed by atoms with Gasteiger partial charge in [-0.2, -0.15) is 10.2 Å². The lowest BCUT2D eigenvalue weighted by Gasteiger charge is -2.02. The number of carboxylic acid groups (broad SMARTS) is 1. The van der Waals surface area contributed by atoms with Crippen LogP contribution in [0.2, 0.25) is 0 Å². The van der Waals surface area contributed by atoms with Crippen LogP contribution in [0, 0.1) is 6.92 Å². The molecule has 0 amide bonds. The minimum absolute atomic E-state index is 0.167. The van der Waals surface area contributed by atoms with Gasteiger partial charge in [-0.25, -0.2) is 14.3 Å². The summed E-state index contributed by atoms with van der Waals surface area (Å²) in [7, 11) is 0. The Morgan fingerprint density at radius 1 is 1.06 bits per heavy atom. The van der Waals surface area contributed by atoms with E-state index >= 15 is 0 Å². The smallest absolute Gasteiger partial charge is 0.345 e. The number of benzene rings is 3. The number of nitrogens with one attached hydrogen (secondary N) is 1. The predicted molar refractivity (Wildman–Crippen MR) is 134 cm³/mol. The number of hydrogen-bond donors (Lipinski definition) is 2. The molecule has 0 aliphatic carbocycles. The first-order valence-electron chi connectivity index (χ1n) is 10.8. The SMILES string of the molecule is Cc1ccc(N/N=C/c2cn(-c3ccc(C(=O)O)cc3)nc2-c2cc3ccccc3oc2=O)cc1. The van der Waals surface area contributed by atoms with Gasteiger partial charge < -0.3 is 9.52 Å². The van der Waals surface area contributed by atoms with Crippen molar-refractivity contribution in [1.82, 2.24) is 9.78 Å². The zero-order valence-electron chi connectivity index (χ0n) is 18.7. The average Bonchev–Trinajstić information content (AvgIpc) is 3.28. The van der Waals surface area contributed by atoms with Crippen molar-refractivity contribution >= 4 is 28.8 Å². The number of aryl methyl sites for hydroxylation is 1. The molecule has 2 N–H and O–H groups in total. The molecule has 0 spiro atoms. The van der Waals surface area contributed by atoms with Crippen molar-refractivity contribution in [3.05, 3.63) is 112 Å². The Kier molecular flexibility index (Phi) is 5.68. The number of carboxylic acids is 1. The number of nitrogens with zero attached hydrogens (tertiary/aromatic N) is 3. The first-order valence-corrected chi connectivity index (χ1v) is 10.8. The predicted octanol–water partition coefficient (Wildman–Crippen LogP) is 5.10. The van der Waals surface area contributed by atoms with Gasteiger partial charge in [0.2, 0.25) is 0 Å². The van der Waals surface area contributed by atoms with Gasteiger partial charge in [0.05, 0.1) is 28.7 Å². The normalized spacial score (nSPS) is 11.2. The third kappa shape index (κ3) is 4.58. The fourth-order valence-electron chi connectivity index (χ4n) is 3.61. The third-order valence-electron chi connectivity index (χ3n) is 5.47. The van der Waals surface area contributed by atoms with Crippen LogP contribution in [-0.4, -0.2) is 27.1 Å². The Morgan fingerprint density at radius 2 is 1.80 bits per heavy atom. The Morgan fingerprint density at radius 3 is 2.54 bits per heavy atom. The largest absolute Gasteiger partial charge is 0.478 e. The summed E-state index contributed by atoms with van der Waals surface area (Å²) in [4.78, 5) is 24.0. The molecule has 172 valence electrons. The van der Waals surface area contributed by atoms with E-state index in [1.807, 2.05) is 43.3 Å². The molecule has 0 saturated heterocycles. The standard InChI is InChI=1S/C27H20N4O4/c1-17-6-10-21(11-7-17)29-28-15-20-16-31(22-12-8-18(9-13-22)26(32)33)30-25(20)23-14-19-4-2-3-5-24(19)35-27(23)34/h2-16,29H,1H3,(H,32,33)/b28-15+. The van der Waals surface area contributed by atoms with E-state index in [4.69, 9.17) is 4.42 Å². The second-order valence-electron chi connectivity index (χ2n) is 7.95. The van der Waals surface area contributed by atoms with Crippen molar-refractivity contribution in [2.24, 2.45) is 5.10 Å². The van der Waals surface area contributed by atoms with Gasteiger partial charge in [0.15, 0.2) is 0 Å². The summed E-state index contributed by atoms with van der Waals surface area (Å²) in [5.74, 6) is -1.01. The van der Waals surface area contributed by atoms with Crippen molar-refractivity contribution in [3.63, 3.8) is 0 Å². The van der Waals surface area contributed by atoms with Crippen LogP contribution in [0.25, 0.3) is 27.9 Å². The van der Waals surface area contributed by atoms with Crippen molar-refractivity contribution in [1.29, 1.82) is 0 Å². The van der Waals surface area contributed by atoms with E-state index in [0.717, 1.165) is 16.6 Å². The van der Waals surface area contributed by atoms with E-state index in [9.17, 15) is 14.7 Å². The van der Waals surface area contributed by atoms with Crippen molar-refractivity contribution in [2.75, 3.05) is 5.43 Å². The molecule has 0 saturated carbocycles. The zero-order chi connectivity index (χ0) is 24.4. The molecule has 0 fully saturated rings. The van der Waals surface area contributed by atoms with Crippen molar-refractivity contribution in [3.8, 4) is 16.9 Å². The maximum atomic E-state index is 12.8. The van der Waals surface area contributed by atoms with Gasteiger partial charge in [0.25, 0.3) is 0 Å². The summed E-state index contributed by atoms with van der Waals surface area (Å²) in [5.41, 5.74) is 6.96.